The first-order chi connectivity index (χ1) is 11.4. The molecule has 24 heavy (non-hydrogen) atoms. The predicted octanol–water partition coefficient (Wildman–Crippen LogP) is 3.09. The average molecular weight is 325 g/mol. The fourth-order valence-electron chi connectivity index (χ4n) is 2.15. The number of benzene rings is 2. The molecule has 0 saturated heterocycles. The fourth-order valence-corrected chi connectivity index (χ4v) is 2.15. The predicted molar refractivity (Wildman–Crippen MR) is 93.0 cm³/mol. The molecule has 3 amide bonds. The van der Waals surface area contributed by atoms with Crippen LogP contribution in [0.4, 0.5) is 16.2 Å². The Balaban J connectivity index is 1.88. The van der Waals surface area contributed by atoms with Gasteiger partial charge in [-0.25, -0.2) is 4.79 Å². The van der Waals surface area contributed by atoms with E-state index in [0.29, 0.717) is 16.9 Å². The summed E-state index contributed by atoms with van der Waals surface area (Å²) in [4.78, 5) is 34.8. The monoisotopic (exact) mass is 325 g/mol. The number of nitrogens with two attached hydrogens (primary N) is 1. The van der Waals surface area contributed by atoms with E-state index in [-0.39, 0.29) is 24.5 Å². The van der Waals surface area contributed by atoms with Gasteiger partial charge < -0.3 is 16.4 Å². The summed E-state index contributed by atoms with van der Waals surface area (Å²) >= 11 is 0. The maximum Gasteiger partial charge on any atom is 0.316 e. The van der Waals surface area contributed by atoms with Gasteiger partial charge in [0.1, 0.15) is 0 Å². The van der Waals surface area contributed by atoms with Crippen LogP contribution in [0.25, 0.3) is 0 Å². The molecule has 2 aromatic carbocycles. The lowest BCUT2D eigenvalue weighted by Gasteiger charge is -2.07. The van der Waals surface area contributed by atoms with E-state index in [4.69, 9.17) is 5.73 Å². The van der Waals surface area contributed by atoms with E-state index >= 15 is 0 Å². The molecule has 0 aromatic heterocycles. The molecule has 6 heteroatoms. The molecule has 0 fully saturated rings. The largest absolute Gasteiger partial charge is 0.351 e. The van der Waals surface area contributed by atoms with Gasteiger partial charge in [0.2, 0.25) is 5.91 Å². The van der Waals surface area contributed by atoms with Crippen LogP contribution in [0.2, 0.25) is 0 Å². The average Bonchev–Trinajstić information content (AvgIpc) is 2.53. The quantitative estimate of drug-likeness (QED) is 0.711. The van der Waals surface area contributed by atoms with Crippen molar-refractivity contribution < 1.29 is 14.4 Å². The number of Topliss-reactive ketones (excluding diaryl/α,β-unsaturated/α-hetero) is 1. The van der Waals surface area contributed by atoms with E-state index in [1.54, 1.807) is 36.4 Å². The molecule has 124 valence electrons. The van der Waals surface area contributed by atoms with Gasteiger partial charge >= 0.3 is 6.03 Å². The third kappa shape index (κ3) is 5.24. The molecule has 0 radical (unpaired) electrons. The molecule has 0 atom stereocenters. The molecule has 2 aromatic rings. The summed E-state index contributed by atoms with van der Waals surface area (Å²) in [6.45, 7) is 1.95. The van der Waals surface area contributed by atoms with Crippen LogP contribution in [0.1, 0.15) is 28.8 Å². The number of urea groups is 1. The Morgan fingerprint density at radius 3 is 2.17 bits per heavy atom. The van der Waals surface area contributed by atoms with Crippen LogP contribution >= 0.6 is 0 Å². The summed E-state index contributed by atoms with van der Waals surface area (Å²) < 4.78 is 0. The van der Waals surface area contributed by atoms with Gasteiger partial charge in [0, 0.05) is 29.8 Å². The molecule has 2 rings (SSSR count). The van der Waals surface area contributed by atoms with Crippen molar-refractivity contribution in [2.24, 2.45) is 5.73 Å². The molecule has 0 aliphatic rings. The van der Waals surface area contributed by atoms with Crippen LogP contribution in [-0.2, 0) is 4.79 Å². The Kier molecular flexibility index (Phi) is 5.68. The third-order valence-corrected chi connectivity index (χ3v) is 3.37. The summed E-state index contributed by atoms with van der Waals surface area (Å²) in [5, 5.41) is 5.12. The van der Waals surface area contributed by atoms with Gasteiger partial charge in [-0.3, -0.25) is 9.59 Å². The Labute approximate surface area is 140 Å². The second-order valence-corrected chi connectivity index (χ2v) is 5.41. The molecule has 0 unspecified atom stereocenters. The SMILES string of the molecule is Cc1ccc(C(=O)CCC(=O)Nc2cccc(NC(N)=O)c2)cc1. The lowest BCUT2D eigenvalue weighted by atomic mass is 10.0. The van der Waals surface area contributed by atoms with Gasteiger partial charge in [-0.05, 0) is 25.1 Å². The van der Waals surface area contributed by atoms with Crippen LogP contribution in [0.15, 0.2) is 48.5 Å². The number of carbonyl (C=O) groups is 3. The van der Waals surface area contributed by atoms with Crippen molar-refractivity contribution in [3.8, 4) is 0 Å². The van der Waals surface area contributed by atoms with E-state index in [2.05, 4.69) is 10.6 Å². The van der Waals surface area contributed by atoms with E-state index in [9.17, 15) is 14.4 Å². The lowest BCUT2D eigenvalue weighted by Crippen LogP contribution is -2.19. The van der Waals surface area contributed by atoms with Gasteiger partial charge in [-0.2, -0.15) is 0 Å². The van der Waals surface area contributed by atoms with Gasteiger partial charge in [0.15, 0.2) is 5.78 Å². The summed E-state index contributed by atoms with van der Waals surface area (Å²) in [5.74, 6) is -0.346. The van der Waals surface area contributed by atoms with Crippen molar-refractivity contribution in [3.05, 3.63) is 59.7 Å². The molecule has 4 N–H and O–H groups in total. The summed E-state index contributed by atoms with van der Waals surface area (Å²) in [6, 6.07) is 13.2. The zero-order valence-corrected chi connectivity index (χ0v) is 13.3. The number of anilines is 2. The Bertz CT molecular complexity index is 754. The number of carbonyl (C=O) groups excluding carboxylic acids is 3. The molecule has 0 saturated carbocycles. The summed E-state index contributed by atoms with van der Waals surface area (Å²) in [7, 11) is 0. The normalized spacial score (nSPS) is 10.0. The summed E-state index contributed by atoms with van der Waals surface area (Å²) in [5.41, 5.74) is 7.73. The fraction of sp³-hybridized carbons (Fsp3) is 0.167. The van der Waals surface area contributed by atoms with Crippen LogP contribution < -0.4 is 16.4 Å². The van der Waals surface area contributed by atoms with Crippen molar-refractivity contribution in [2.75, 3.05) is 10.6 Å². The summed E-state index contributed by atoms with van der Waals surface area (Å²) in [6.07, 6.45) is 0.217. The Hall–Kier alpha value is -3.15. The first-order valence-corrected chi connectivity index (χ1v) is 7.50. The maximum atomic E-state index is 12.0. The zero-order valence-electron chi connectivity index (χ0n) is 13.3. The Morgan fingerprint density at radius 1 is 0.917 bits per heavy atom. The highest BCUT2D eigenvalue weighted by molar-refractivity contribution is 6.00. The minimum absolute atomic E-state index is 0.0747. The molecule has 0 aliphatic carbocycles. The van der Waals surface area contributed by atoms with E-state index in [1.165, 1.54) is 0 Å². The molecule has 0 bridgehead atoms. The van der Waals surface area contributed by atoms with Crippen LogP contribution in [-0.4, -0.2) is 17.7 Å². The molecular formula is C18H19N3O3. The minimum atomic E-state index is -0.679. The first-order valence-electron chi connectivity index (χ1n) is 7.50. The molecule has 0 spiro atoms. The maximum absolute atomic E-state index is 12.0. The molecule has 6 nitrogen and oxygen atoms in total. The number of nitrogens with one attached hydrogen (secondary N) is 2. The second kappa shape index (κ2) is 7.92. The number of amides is 3. The Morgan fingerprint density at radius 2 is 1.54 bits per heavy atom. The third-order valence-electron chi connectivity index (χ3n) is 3.37. The first kappa shape index (κ1) is 17.2. The van der Waals surface area contributed by atoms with Crippen LogP contribution in [0.3, 0.4) is 0 Å². The van der Waals surface area contributed by atoms with Crippen molar-refractivity contribution in [1.29, 1.82) is 0 Å². The lowest BCUT2D eigenvalue weighted by molar-refractivity contribution is -0.116. The zero-order chi connectivity index (χ0) is 17.5. The highest BCUT2D eigenvalue weighted by atomic mass is 16.2. The van der Waals surface area contributed by atoms with Gasteiger partial charge in [0.25, 0.3) is 0 Å². The number of hydrogen-bond acceptors (Lipinski definition) is 3. The van der Waals surface area contributed by atoms with E-state index in [0.717, 1.165) is 5.56 Å². The van der Waals surface area contributed by atoms with Crippen molar-refractivity contribution in [3.63, 3.8) is 0 Å². The van der Waals surface area contributed by atoms with Crippen LogP contribution in [0.5, 0.6) is 0 Å². The number of aryl methyl sites for hydroxylation is 1. The number of rotatable bonds is 6. The molecule has 0 heterocycles. The highest BCUT2D eigenvalue weighted by Gasteiger charge is 2.10. The van der Waals surface area contributed by atoms with Crippen molar-refractivity contribution in [2.45, 2.75) is 19.8 Å². The standard InChI is InChI=1S/C18H19N3O3/c1-12-5-7-13(8-6-12)16(22)9-10-17(23)20-14-3-2-4-15(11-14)21-18(19)24/h2-8,11H,9-10H2,1H3,(H,20,23)(H3,19,21,24). The highest BCUT2D eigenvalue weighted by Crippen LogP contribution is 2.15. The smallest absolute Gasteiger partial charge is 0.316 e. The van der Waals surface area contributed by atoms with Crippen molar-refractivity contribution >= 4 is 29.1 Å². The van der Waals surface area contributed by atoms with Gasteiger partial charge in [-0.1, -0.05) is 35.9 Å². The number of hydrogen-bond donors (Lipinski definition) is 3. The van der Waals surface area contributed by atoms with E-state index < -0.39 is 6.03 Å². The minimum Gasteiger partial charge on any atom is -0.351 e. The number of primary amides is 1. The van der Waals surface area contributed by atoms with E-state index in [1.807, 2.05) is 19.1 Å². The molecular weight excluding hydrogens is 306 g/mol. The van der Waals surface area contributed by atoms with Gasteiger partial charge in [0.05, 0.1) is 0 Å². The van der Waals surface area contributed by atoms with Gasteiger partial charge in [-0.15, -0.1) is 0 Å². The number of ketones is 1. The molecule has 0 aliphatic heterocycles. The second-order valence-electron chi connectivity index (χ2n) is 5.41. The van der Waals surface area contributed by atoms with Crippen molar-refractivity contribution in [1.82, 2.24) is 0 Å². The topological polar surface area (TPSA) is 101 Å². The van der Waals surface area contributed by atoms with Crippen LogP contribution in [0, 0.1) is 6.92 Å².